The highest BCUT2D eigenvalue weighted by Crippen LogP contribution is 2.27. The number of hydrogen-bond donors (Lipinski definition) is 2. The minimum absolute atomic E-state index is 0.0216. The smallest absolute Gasteiger partial charge is 0.253 e. The van der Waals surface area contributed by atoms with E-state index in [4.69, 9.17) is 0 Å². The van der Waals surface area contributed by atoms with Gasteiger partial charge in [0.2, 0.25) is 0 Å². The third kappa shape index (κ3) is 3.25. The molecule has 0 bridgehead atoms. The van der Waals surface area contributed by atoms with Crippen LogP contribution in [0.15, 0.2) is 48.5 Å². The molecular weight excluding hydrogens is 316 g/mol. The maximum atomic E-state index is 12.7. The summed E-state index contributed by atoms with van der Waals surface area (Å²) in [6, 6.07) is 15.3. The quantitative estimate of drug-likeness (QED) is 0.768. The zero-order chi connectivity index (χ0) is 17.3. The first-order valence-corrected chi connectivity index (χ1v) is 8.49. The van der Waals surface area contributed by atoms with Crippen molar-refractivity contribution in [3.8, 4) is 0 Å². The molecule has 0 saturated carbocycles. The maximum Gasteiger partial charge on any atom is 0.253 e. The second-order valence-electron chi connectivity index (χ2n) is 6.71. The number of aromatic amines is 1. The van der Waals surface area contributed by atoms with Crippen molar-refractivity contribution < 1.29 is 9.90 Å². The number of fused-ring (bicyclic) bond motifs is 1. The number of carbonyl (C=O) groups excluding carboxylic acids is 1. The molecule has 0 unspecified atom stereocenters. The molecule has 2 aromatic carbocycles. The summed E-state index contributed by atoms with van der Waals surface area (Å²) in [5.74, 6) is -0.0216. The maximum absolute atomic E-state index is 12.7. The monoisotopic (exact) mass is 336 g/mol. The molecule has 0 radical (unpaired) electrons. The Labute approximate surface area is 145 Å². The van der Waals surface area contributed by atoms with Crippen LogP contribution in [-0.4, -0.2) is 50.0 Å². The van der Waals surface area contributed by atoms with Crippen molar-refractivity contribution in [2.45, 2.75) is 24.9 Å². The van der Waals surface area contributed by atoms with Crippen molar-refractivity contribution in [3.05, 3.63) is 59.7 Å². The Balaban J connectivity index is 1.43. The standard InChI is InChI=1S/C19H20N4O2/c24-18(15-6-7-16-17(12-15)21-22-20-16)23-10-8-19(25,9-11-23)13-14-4-2-1-3-5-14/h1-7,12,25H,8-11,13H2,(H,20,21,22). The first-order valence-electron chi connectivity index (χ1n) is 8.49. The van der Waals surface area contributed by atoms with Crippen LogP contribution in [0.3, 0.4) is 0 Å². The van der Waals surface area contributed by atoms with E-state index < -0.39 is 5.60 Å². The van der Waals surface area contributed by atoms with Gasteiger partial charge in [-0.15, -0.1) is 0 Å². The van der Waals surface area contributed by atoms with Crippen LogP contribution in [0, 0.1) is 0 Å². The highest BCUT2D eigenvalue weighted by atomic mass is 16.3. The van der Waals surface area contributed by atoms with Gasteiger partial charge in [-0.25, -0.2) is 0 Å². The lowest BCUT2D eigenvalue weighted by Crippen LogP contribution is -2.47. The Morgan fingerprint density at radius 2 is 1.80 bits per heavy atom. The summed E-state index contributed by atoms with van der Waals surface area (Å²) in [5, 5.41) is 21.4. The van der Waals surface area contributed by atoms with Gasteiger partial charge in [0, 0.05) is 25.1 Å². The van der Waals surface area contributed by atoms with Crippen LogP contribution in [-0.2, 0) is 6.42 Å². The number of aliphatic hydroxyl groups is 1. The summed E-state index contributed by atoms with van der Waals surface area (Å²) in [4.78, 5) is 14.5. The molecule has 1 aromatic heterocycles. The number of benzene rings is 2. The molecule has 1 saturated heterocycles. The Kier molecular flexibility index (Phi) is 3.97. The Morgan fingerprint density at radius 1 is 1.08 bits per heavy atom. The molecule has 25 heavy (non-hydrogen) atoms. The number of rotatable bonds is 3. The van der Waals surface area contributed by atoms with Crippen molar-refractivity contribution >= 4 is 16.9 Å². The number of likely N-dealkylation sites (tertiary alicyclic amines) is 1. The second-order valence-corrected chi connectivity index (χ2v) is 6.71. The second kappa shape index (κ2) is 6.29. The van der Waals surface area contributed by atoms with Gasteiger partial charge in [0.05, 0.1) is 5.60 Å². The molecule has 1 aliphatic rings. The van der Waals surface area contributed by atoms with E-state index in [-0.39, 0.29) is 5.91 Å². The lowest BCUT2D eigenvalue weighted by Gasteiger charge is -2.38. The molecule has 1 fully saturated rings. The summed E-state index contributed by atoms with van der Waals surface area (Å²) < 4.78 is 0. The van der Waals surface area contributed by atoms with Gasteiger partial charge in [-0.3, -0.25) is 4.79 Å². The molecule has 1 amide bonds. The van der Waals surface area contributed by atoms with E-state index in [0.29, 0.717) is 43.4 Å². The van der Waals surface area contributed by atoms with E-state index in [1.54, 1.807) is 23.1 Å². The zero-order valence-electron chi connectivity index (χ0n) is 13.9. The average molecular weight is 336 g/mol. The molecule has 0 aliphatic carbocycles. The van der Waals surface area contributed by atoms with Crippen LogP contribution < -0.4 is 0 Å². The molecule has 1 aliphatic heterocycles. The van der Waals surface area contributed by atoms with Crippen LogP contribution in [0.5, 0.6) is 0 Å². The number of piperidine rings is 1. The normalized spacial score (nSPS) is 16.9. The first-order chi connectivity index (χ1) is 12.1. The Morgan fingerprint density at radius 3 is 2.56 bits per heavy atom. The number of hydrogen-bond acceptors (Lipinski definition) is 4. The third-order valence-electron chi connectivity index (χ3n) is 4.92. The van der Waals surface area contributed by atoms with E-state index in [2.05, 4.69) is 15.4 Å². The topological polar surface area (TPSA) is 82.1 Å². The predicted octanol–water partition coefficient (Wildman–Crippen LogP) is 2.17. The Bertz CT molecular complexity index is 883. The predicted molar refractivity (Wildman–Crippen MR) is 94.1 cm³/mol. The van der Waals surface area contributed by atoms with Crippen molar-refractivity contribution in [3.63, 3.8) is 0 Å². The fourth-order valence-electron chi connectivity index (χ4n) is 3.43. The molecule has 0 atom stereocenters. The Hall–Kier alpha value is -2.73. The number of carbonyl (C=O) groups is 1. The molecule has 4 rings (SSSR count). The highest BCUT2D eigenvalue weighted by molar-refractivity contribution is 5.97. The summed E-state index contributed by atoms with van der Waals surface area (Å²) in [6.45, 7) is 1.11. The summed E-state index contributed by atoms with van der Waals surface area (Å²) in [7, 11) is 0. The average Bonchev–Trinajstić information content (AvgIpc) is 3.10. The van der Waals surface area contributed by atoms with Crippen molar-refractivity contribution in [2.75, 3.05) is 13.1 Å². The number of H-pyrrole nitrogens is 1. The lowest BCUT2D eigenvalue weighted by molar-refractivity contribution is -0.0162. The van der Waals surface area contributed by atoms with E-state index in [1.807, 2.05) is 30.3 Å². The van der Waals surface area contributed by atoms with E-state index >= 15 is 0 Å². The largest absolute Gasteiger partial charge is 0.389 e. The molecule has 128 valence electrons. The summed E-state index contributed by atoms with van der Waals surface area (Å²) in [5.41, 5.74) is 2.42. The molecule has 0 spiro atoms. The zero-order valence-corrected chi connectivity index (χ0v) is 13.9. The van der Waals surface area contributed by atoms with Gasteiger partial charge in [-0.1, -0.05) is 30.3 Å². The lowest BCUT2D eigenvalue weighted by atomic mass is 9.85. The SMILES string of the molecule is O=C(c1ccc2n[nH]nc2c1)N1CCC(O)(Cc2ccccc2)CC1. The van der Waals surface area contributed by atoms with Gasteiger partial charge in [0.25, 0.3) is 5.91 Å². The third-order valence-corrected chi connectivity index (χ3v) is 4.92. The van der Waals surface area contributed by atoms with Gasteiger partial charge in [-0.05, 0) is 36.6 Å². The van der Waals surface area contributed by atoms with Crippen LogP contribution in [0.25, 0.3) is 11.0 Å². The fourth-order valence-corrected chi connectivity index (χ4v) is 3.43. The molecular formula is C19H20N4O2. The molecule has 6 nitrogen and oxygen atoms in total. The van der Waals surface area contributed by atoms with Crippen molar-refractivity contribution in [2.24, 2.45) is 0 Å². The molecule has 3 aromatic rings. The summed E-state index contributed by atoms with van der Waals surface area (Å²) in [6.07, 6.45) is 1.79. The fraction of sp³-hybridized carbons (Fsp3) is 0.316. The van der Waals surface area contributed by atoms with Gasteiger partial charge in [0.1, 0.15) is 11.0 Å². The highest BCUT2D eigenvalue weighted by Gasteiger charge is 2.34. The number of aromatic nitrogens is 3. The molecule has 2 N–H and O–H groups in total. The minimum Gasteiger partial charge on any atom is -0.389 e. The first kappa shape index (κ1) is 15.8. The van der Waals surface area contributed by atoms with E-state index in [0.717, 1.165) is 11.1 Å². The summed E-state index contributed by atoms with van der Waals surface area (Å²) >= 11 is 0. The van der Waals surface area contributed by atoms with Crippen LogP contribution in [0.4, 0.5) is 0 Å². The van der Waals surface area contributed by atoms with Crippen molar-refractivity contribution in [1.82, 2.24) is 20.3 Å². The van der Waals surface area contributed by atoms with Gasteiger partial charge >= 0.3 is 0 Å². The van der Waals surface area contributed by atoms with Crippen molar-refractivity contribution in [1.29, 1.82) is 0 Å². The van der Waals surface area contributed by atoms with Gasteiger partial charge in [0.15, 0.2) is 0 Å². The van der Waals surface area contributed by atoms with Gasteiger partial charge in [-0.2, -0.15) is 15.4 Å². The van der Waals surface area contributed by atoms with E-state index in [9.17, 15) is 9.90 Å². The number of amides is 1. The van der Waals surface area contributed by atoms with Gasteiger partial charge < -0.3 is 10.0 Å². The van der Waals surface area contributed by atoms with Crippen LogP contribution in [0.2, 0.25) is 0 Å². The van der Waals surface area contributed by atoms with Crippen LogP contribution >= 0.6 is 0 Å². The van der Waals surface area contributed by atoms with E-state index in [1.165, 1.54) is 0 Å². The molecule has 6 heteroatoms. The minimum atomic E-state index is -0.742. The number of nitrogens with one attached hydrogen (secondary N) is 1. The molecule has 2 heterocycles. The van der Waals surface area contributed by atoms with Crippen LogP contribution in [0.1, 0.15) is 28.8 Å². The number of nitrogens with zero attached hydrogens (tertiary/aromatic N) is 3.